The minimum absolute atomic E-state index is 0.0866. The quantitative estimate of drug-likeness (QED) is 0.520. The first-order valence-corrected chi connectivity index (χ1v) is 10.5. The molecule has 0 amide bonds. The molecule has 1 aliphatic heterocycles. The average molecular weight is 397 g/mol. The van der Waals surface area contributed by atoms with Crippen LogP contribution in [0.5, 0.6) is 0 Å². The molecule has 2 atom stereocenters. The van der Waals surface area contributed by atoms with Crippen molar-refractivity contribution in [2.45, 2.75) is 24.4 Å². The summed E-state index contributed by atoms with van der Waals surface area (Å²) in [7, 11) is 2.05. The molecule has 2 fully saturated rings. The molecule has 0 unspecified atom stereocenters. The Kier molecular flexibility index (Phi) is 3.93. The van der Waals surface area contributed by atoms with Gasteiger partial charge in [0.05, 0.1) is 35.8 Å². The Bertz CT molecular complexity index is 1330. The van der Waals surface area contributed by atoms with E-state index < -0.39 is 0 Å². The van der Waals surface area contributed by atoms with Crippen LogP contribution in [0.3, 0.4) is 0 Å². The highest BCUT2D eigenvalue weighted by Crippen LogP contribution is 2.50. The smallest absolute Gasteiger partial charge is 0.260 e. The fourth-order valence-corrected chi connectivity index (χ4v) is 4.58. The van der Waals surface area contributed by atoms with E-state index in [0.29, 0.717) is 19.3 Å². The normalized spacial score (nSPS) is 21.0. The molecule has 1 saturated carbocycles. The van der Waals surface area contributed by atoms with Crippen LogP contribution in [0.2, 0.25) is 0 Å². The lowest BCUT2D eigenvalue weighted by molar-refractivity contribution is 0.0102. The van der Waals surface area contributed by atoms with E-state index in [1.165, 1.54) is 0 Å². The molecule has 3 heterocycles. The first-order valence-electron chi connectivity index (χ1n) is 10.5. The van der Waals surface area contributed by atoms with Gasteiger partial charge in [-0.15, -0.1) is 0 Å². The molecule has 1 aliphatic carbocycles. The Hall–Kier alpha value is -3.18. The predicted octanol–water partition coefficient (Wildman–Crippen LogP) is 4.11. The Labute approximate surface area is 174 Å². The maximum absolute atomic E-state index is 13.5. The number of hydrogen-bond acceptors (Lipinski definition) is 4. The van der Waals surface area contributed by atoms with E-state index in [0.717, 1.165) is 39.5 Å². The lowest BCUT2D eigenvalue weighted by Gasteiger charge is -2.36. The van der Waals surface area contributed by atoms with Crippen molar-refractivity contribution >= 4 is 27.4 Å². The first-order chi connectivity index (χ1) is 14.7. The summed E-state index contributed by atoms with van der Waals surface area (Å²) in [6.45, 7) is 1.43. The van der Waals surface area contributed by atoms with Crippen LogP contribution >= 0.6 is 0 Å². The molecule has 150 valence electrons. The summed E-state index contributed by atoms with van der Waals surface area (Å²) in [6, 6.07) is 21.1. The zero-order chi connectivity index (χ0) is 20.2. The van der Waals surface area contributed by atoms with Gasteiger partial charge in [-0.25, -0.2) is 0 Å². The summed E-state index contributed by atoms with van der Waals surface area (Å²) in [5.74, 6) is 0.287. The molecule has 6 rings (SSSR count). The van der Waals surface area contributed by atoms with Crippen molar-refractivity contribution in [1.29, 1.82) is 0 Å². The third kappa shape index (κ3) is 2.73. The van der Waals surface area contributed by atoms with Crippen molar-refractivity contribution in [1.82, 2.24) is 9.55 Å². The van der Waals surface area contributed by atoms with Crippen molar-refractivity contribution in [3.8, 4) is 0 Å². The second-order valence-corrected chi connectivity index (χ2v) is 8.41. The van der Waals surface area contributed by atoms with Crippen LogP contribution in [-0.4, -0.2) is 35.9 Å². The number of ether oxygens (including phenoxy) is 1. The number of nitrogens with zero attached hydrogens (tertiary/aromatic N) is 3. The molecule has 1 saturated heterocycles. The third-order valence-electron chi connectivity index (χ3n) is 6.60. The highest BCUT2D eigenvalue weighted by Gasteiger charge is 2.42. The Morgan fingerprint density at radius 3 is 2.67 bits per heavy atom. The number of fused-ring (bicyclic) bond motifs is 2. The van der Waals surface area contributed by atoms with Crippen LogP contribution in [0.1, 0.15) is 24.1 Å². The number of aromatic nitrogens is 2. The molecule has 30 heavy (non-hydrogen) atoms. The van der Waals surface area contributed by atoms with E-state index in [1.54, 1.807) is 0 Å². The first kappa shape index (κ1) is 17.7. The summed E-state index contributed by atoms with van der Waals surface area (Å²) in [5.41, 5.74) is 3.16. The summed E-state index contributed by atoms with van der Waals surface area (Å²) in [4.78, 5) is 20.6. The van der Waals surface area contributed by atoms with Crippen LogP contribution in [-0.2, 0) is 4.74 Å². The fourth-order valence-electron chi connectivity index (χ4n) is 4.58. The SMILES string of the molecule is CN(c1cccc2ccn([C@@H]3C[C@@H]3c3ccc4ccccc4n3)c(=O)c12)C1COC1. The molecule has 2 aromatic carbocycles. The number of pyridine rings is 2. The van der Waals surface area contributed by atoms with Crippen LogP contribution in [0.15, 0.2) is 71.7 Å². The van der Waals surface area contributed by atoms with Gasteiger partial charge >= 0.3 is 0 Å². The van der Waals surface area contributed by atoms with Gasteiger partial charge in [0, 0.05) is 36.3 Å². The number of rotatable bonds is 4. The van der Waals surface area contributed by atoms with Gasteiger partial charge < -0.3 is 14.2 Å². The van der Waals surface area contributed by atoms with Crippen LogP contribution in [0.4, 0.5) is 5.69 Å². The number of anilines is 1. The summed E-state index contributed by atoms with van der Waals surface area (Å²) in [6.07, 6.45) is 2.90. The van der Waals surface area contributed by atoms with E-state index in [-0.39, 0.29) is 17.5 Å². The minimum atomic E-state index is 0.0866. The fraction of sp³-hybridized carbons (Fsp3) is 0.280. The van der Waals surface area contributed by atoms with E-state index in [4.69, 9.17) is 9.72 Å². The zero-order valence-corrected chi connectivity index (χ0v) is 16.9. The average Bonchev–Trinajstić information content (AvgIpc) is 3.52. The molecular weight excluding hydrogens is 374 g/mol. The molecule has 0 radical (unpaired) electrons. The molecular formula is C25H23N3O2. The van der Waals surface area contributed by atoms with Crippen LogP contribution in [0, 0.1) is 0 Å². The Morgan fingerprint density at radius 2 is 1.83 bits per heavy atom. The molecule has 2 aromatic heterocycles. The molecule has 2 aliphatic rings. The summed E-state index contributed by atoms with van der Waals surface area (Å²) >= 11 is 0. The number of hydrogen-bond donors (Lipinski definition) is 0. The van der Waals surface area contributed by atoms with Crippen molar-refractivity contribution in [2.24, 2.45) is 0 Å². The van der Waals surface area contributed by atoms with Gasteiger partial charge in [-0.2, -0.15) is 0 Å². The van der Waals surface area contributed by atoms with Gasteiger partial charge in [-0.3, -0.25) is 9.78 Å². The van der Waals surface area contributed by atoms with Crippen molar-refractivity contribution in [3.63, 3.8) is 0 Å². The lowest BCUT2D eigenvalue weighted by Crippen LogP contribution is -2.47. The molecule has 0 N–H and O–H groups in total. The van der Waals surface area contributed by atoms with Crippen molar-refractivity contribution in [2.75, 3.05) is 25.2 Å². The maximum atomic E-state index is 13.5. The van der Waals surface area contributed by atoms with Gasteiger partial charge in [0.15, 0.2) is 0 Å². The van der Waals surface area contributed by atoms with Gasteiger partial charge in [0.25, 0.3) is 5.56 Å². The second-order valence-electron chi connectivity index (χ2n) is 8.41. The Balaban J connectivity index is 1.38. The molecule has 4 aromatic rings. The van der Waals surface area contributed by atoms with E-state index >= 15 is 0 Å². The van der Waals surface area contributed by atoms with Crippen LogP contribution < -0.4 is 10.5 Å². The highest BCUT2D eigenvalue weighted by molar-refractivity contribution is 5.93. The van der Waals surface area contributed by atoms with E-state index in [2.05, 4.69) is 36.2 Å². The highest BCUT2D eigenvalue weighted by atomic mass is 16.5. The lowest BCUT2D eigenvalue weighted by atomic mass is 10.1. The third-order valence-corrected chi connectivity index (χ3v) is 6.60. The van der Waals surface area contributed by atoms with Gasteiger partial charge in [-0.05, 0) is 36.1 Å². The number of benzene rings is 2. The largest absolute Gasteiger partial charge is 0.377 e. The van der Waals surface area contributed by atoms with Gasteiger partial charge in [-0.1, -0.05) is 36.4 Å². The summed E-state index contributed by atoms with van der Waals surface area (Å²) < 4.78 is 7.27. The van der Waals surface area contributed by atoms with Gasteiger partial charge in [0.2, 0.25) is 0 Å². The summed E-state index contributed by atoms with van der Waals surface area (Å²) in [5, 5.41) is 2.93. The second kappa shape index (κ2) is 6.67. The van der Waals surface area contributed by atoms with Crippen molar-refractivity contribution in [3.05, 3.63) is 82.9 Å². The van der Waals surface area contributed by atoms with E-state index in [1.807, 2.05) is 47.2 Å². The van der Waals surface area contributed by atoms with Crippen molar-refractivity contribution < 1.29 is 4.74 Å². The number of para-hydroxylation sites is 1. The zero-order valence-electron chi connectivity index (χ0n) is 16.9. The minimum Gasteiger partial charge on any atom is -0.377 e. The number of likely N-dealkylation sites (N-methyl/N-ethyl adjacent to an activating group) is 1. The molecule has 0 spiro atoms. The molecule has 0 bridgehead atoms. The monoisotopic (exact) mass is 397 g/mol. The van der Waals surface area contributed by atoms with Crippen LogP contribution in [0.25, 0.3) is 21.7 Å². The molecule has 5 heteroatoms. The van der Waals surface area contributed by atoms with Gasteiger partial charge in [0.1, 0.15) is 0 Å². The topological polar surface area (TPSA) is 47.4 Å². The molecule has 5 nitrogen and oxygen atoms in total. The van der Waals surface area contributed by atoms with E-state index in [9.17, 15) is 4.79 Å². The predicted molar refractivity (Wildman–Crippen MR) is 119 cm³/mol. The maximum Gasteiger partial charge on any atom is 0.260 e. The standard InChI is InChI=1S/C25H23N3O2/c1-27(18-14-30-15-18)22-8-4-6-17-11-12-28(25(29)24(17)22)23-13-19(23)21-10-9-16-5-2-3-7-20(16)26-21/h2-12,18-19,23H,13-15H2,1H3/t19-,23-/m1/s1. The Morgan fingerprint density at radius 1 is 1.00 bits per heavy atom.